The molecule has 0 aliphatic heterocycles. The summed E-state index contributed by atoms with van der Waals surface area (Å²) >= 11 is 0. The number of hydrogen-bond donors (Lipinski definition) is 3. The minimum atomic E-state index is -1.17. The second-order valence-electron chi connectivity index (χ2n) is 4.79. The van der Waals surface area contributed by atoms with E-state index >= 15 is 0 Å². The Morgan fingerprint density at radius 1 is 1.19 bits per heavy atom. The molecule has 0 saturated carbocycles. The Kier molecular flexibility index (Phi) is 6.39. The summed E-state index contributed by atoms with van der Waals surface area (Å²) in [4.78, 5) is 34.2. The second kappa shape index (κ2) is 8.04. The fourth-order valence-corrected chi connectivity index (χ4v) is 1.86. The number of aromatic hydroxyl groups is 1. The Morgan fingerprint density at radius 3 is 2.33 bits per heavy atom. The first-order valence-electron chi connectivity index (χ1n) is 6.74. The standard InChI is InChI=1S/C15H19NO5/c1-2-3-12(18)9-14(19)16-13(15(20)21)8-10-4-6-11(17)7-5-10/h4-7,13,17H,2-3,8-9H2,1H3,(H,16,19)(H,20,21)/t13-/m1/s1. The molecule has 1 aromatic carbocycles. The summed E-state index contributed by atoms with van der Waals surface area (Å²) in [5.74, 6) is -1.87. The first-order chi connectivity index (χ1) is 9.92. The lowest BCUT2D eigenvalue weighted by Crippen LogP contribution is -2.42. The largest absolute Gasteiger partial charge is 0.508 e. The van der Waals surface area contributed by atoms with E-state index in [1.54, 1.807) is 12.1 Å². The van der Waals surface area contributed by atoms with Gasteiger partial charge >= 0.3 is 5.97 Å². The molecule has 1 rings (SSSR count). The maximum absolute atomic E-state index is 11.7. The van der Waals surface area contributed by atoms with Gasteiger partial charge in [0.25, 0.3) is 0 Å². The van der Waals surface area contributed by atoms with Crippen molar-refractivity contribution in [2.75, 3.05) is 0 Å². The van der Waals surface area contributed by atoms with Gasteiger partial charge in [-0.3, -0.25) is 9.59 Å². The fraction of sp³-hybridized carbons (Fsp3) is 0.400. The van der Waals surface area contributed by atoms with Crippen molar-refractivity contribution in [1.29, 1.82) is 0 Å². The molecular weight excluding hydrogens is 274 g/mol. The molecule has 0 spiro atoms. The number of aliphatic carboxylic acids is 1. The molecule has 6 nitrogen and oxygen atoms in total. The Hall–Kier alpha value is -2.37. The SMILES string of the molecule is CCCC(=O)CC(=O)N[C@H](Cc1ccc(O)cc1)C(=O)O. The molecule has 0 bridgehead atoms. The number of rotatable bonds is 8. The number of phenols is 1. The van der Waals surface area contributed by atoms with E-state index in [1.807, 2.05) is 6.92 Å². The average Bonchev–Trinajstić information content (AvgIpc) is 2.40. The summed E-state index contributed by atoms with van der Waals surface area (Å²) in [5.41, 5.74) is 0.667. The van der Waals surface area contributed by atoms with Gasteiger partial charge in [0.1, 0.15) is 17.6 Å². The number of phenolic OH excluding ortho intramolecular Hbond substituents is 1. The normalized spacial score (nSPS) is 11.7. The molecule has 0 aliphatic rings. The molecule has 0 heterocycles. The number of carbonyl (C=O) groups is 3. The molecule has 0 aromatic heterocycles. The van der Waals surface area contributed by atoms with E-state index in [-0.39, 0.29) is 24.4 Å². The zero-order valence-corrected chi connectivity index (χ0v) is 11.8. The van der Waals surface area contributed by atoms with Crippen LogP contribution in [0.2, 0.25) is 0 Å². The van der Waals surface area contributed by atoms with Crippen LogP contribution in [0.4, 0.5) is 0 Å². The van der Waals surface area contributed by atoms with Crippen molar-refractivity contribution in [3.05, 3.63) is 29.8 Å². The highest BCUT2D eigenvalue weighted by atomic mass is 16.4. The summed E-state index contributed by atoms with van der Waals surface area (Å²) in [6, 6.07) is 4.96. The highest BCUT2D eigenvalue weighted by Crippen LogP contribution is 2.11. The van der Waals surface area contributed by atoms with Crippen molar-refractivity contribution in [2.24, 2.45) is 0 Å². The van der Waals surface area contributed by atoms with E-state index in [0.717, 1.165) is 0 Å². The quantitative estimate of drug-likeness (QED) is 0.626. The Balaban J connectivity index is 2.61. The lowest BCUT2D eigenvalue weighted by Gasteiger charge is -2.14. The van der Waals surface area contributed by atoms with Crippen LogP contribution in [0.15, 0.2) is 24.3 Å². The Bertz CT molecular complexity index is 509. The van der Waals surface area contributed by atoms with Gasteiger partial charge in [0, 0.05) is 12.8 Å². The zero-order valence-electron chi connectivity index (χ0n) is 11.8. The summed E-state index contributed by atoms with van der Waals surface area (Å²) in [5, 5.41) is 20.6. The van der Waals surface area contributed by atoms with Crippen LogP contribution in [0.1, 0.15) is 31.7 Å². The molecular formula is C15H19NO5. The molecule has 0 fully saturated rings. The number of carboxylic acid groups (broad SMARTS) is 1. The minimum absolute atomic E-state index is 0.0832. The summed E-state index contributed by atoms with van der Waals surface area (Å²) < 4.78 is 0. The van der Waals surface area contributed by atoms with Gasteiger partial charge in [-0.1, -0.05) is 19.1 Å². The summed E-state index contributed by atoms with van der Waals surface area (Å²) in [6.07, 6.45) is 0.752. The smallest absolute Gasteiger partial charge is 0.326 e. The van der Waals surface area contributed by atoms with Crippen molar-refractivity contribution in [2.45, 2.75) is 38.6 Å². The topological polar surface area (TPSA) is 104 Å². The molecule has 1 aromatic rings. The van der Waals surface area contributed by atoms with Gasteiger partial charge < -0.3 is 15.5 Å². The van der Waals surface area contributed by atoms with E-state index in [2.05, 4.69) is 5.32 Å². The lowest BCUT2D eigenvalue weighted by atomic mass is 10.1. The Labute approximate surface area is 122 Å². The molecule has 1 atom stereocenters. The van der Waals surface area contributed by atoms with Crippen LogP contribution in [0.3, 0.4) is 0 Å². The summed E-state index contributed by atoms with van der Waals surface area (Å²) in [7, 11) is 0. The number of amides is 1. The predicted molar refractivity (Wildman–Crippen MR) is 75.9 cm³/mol. The number of hydrogen-bond acceptors (Lipinski definition) is 4. The maximum atomic E-state index is 11.7. The molecule has 0 aliphatic carbocycles. The van der Waals surface area contributed by atoms with Crippen LogP contribution in [-0.2, 0) is 20.8 Å². The van der Waals surface area contributed by atoms with E-state index in [1.165, 1.54) is 12.1 Å². The van der Waals surface area contributed by atoms with Crippen molar-refractivity contribution in [3.8, 4) is 5.75 Å². The third-order valence-electron chi connectivity index (χ3n) is 2.90. The van der Waals surface area contributed by atoms with Gasteiger partial charge in [-0.15, -0.1) is 0 Å². The van der Waals surface area contributed by atoms with Gasteiger partial charge in [0.15, 0.2) is 0 Å². The second-order valence-corrected chi connectivity index (χ2v) is 4.79. The third-order valence-corrected chi connectivity index (χ3v) is 2.90. The van der Waals surface area contributed by atoms with Gasteiger partial charge in [-0.05, 0) is 24.1 Å². The monoisotopic (exact) mass is 293 g/mol. The van der Waals surface area contributed by atoms with Crippen LogP contribution in [0.5, 0.6) is 5.75 Å². The average molecular weight is 293 g/mol. The van der Waals surface area contributed by atoms with Crippen molar-refractivity contribution >= 4 is 17.7 Å². The van der Waals surface area contributed by atoms with Gasteiger partial charge in [0.2, 0.25) is 5.91 Å². The Morgan fingerprint density at radius 2 is 1.81 bits per heavy atom. The lowest BCUT2D eigenvalue weighted by molar-refractivity contribution is -0.142. The first kappa shape index (κ1) is 16.7. The predicted octanol–water partition coefficient (Wildman–Crippen LogP) is 1.26. The number of carbonyl (C=O) groups excluding carboxylic acids is 2. The number of benzene rings is 1. The van der Waals surface area contributed by atoms with Gasteiger partial charge in [0.05, 0.1) is 6.42 Å². The fourth-order valence-electron chi connectivity index (χ4n) is 1.86. The van der Waals surface area contributed by atoms with Crippen LogP contribution in [-0.4, -0.2) is 33.9 Å². The highest BCUT2D eigenvalue weighted by Gasteiger charge is 2.21. The van der Waals surface area contributed by atoms with Crippen LogP contribution < -0.4 is 5.32 Å². The molecule has 0 radical (unpaired) electrons. The van der Waals surface area contributed by atoms with Crippen LogP contribution >= 0.6 is 0 Å². The molecule has 6 heteroatoms. The number of Topliss-reactive ketones (excluding diaryl/α,β-unsaturated/α-hetero) is 1. The van der Waals surface area contributed by atoms with Crippen LogP contribution in [0.25, 0.3) is 0 Å². The highest BCUT2D eigenvalue weighted by molar-refractivity contribution is 5.99. The maximum Gasteiger partial charge on any atom is 0.326 e. The van der Waals surface area contributed by atoms with E-state index < -0.39 is 17.9 Å². The van der Waals surface area contributed by atoms with E-state index in [4.69, 9.17) is 5.11 Å². The first-order valence-corrected chi connectivity index (χ1v) is 6.74. The molecule has 3 N–H and O–H groups in total. The molecule has 21 heavy (non-hydrogen) atoms. The van der Waals surface area contributed by atoms with E-state index in [9.17, 15) is 19.5 Å². The zero-order chi connectivity index (χ0) is 15.8. The molecule has 0 unspecified atom stereocenters. The van der Waals surface area contributed by atoms with Crippen molar-refractivity contribution in [1.82, 2.24) is 5.32 Å². The molecule has 0 saturated heterocycles. The molecule has 114 valence electrons. The van der Waals surface area contributed by atoms with Crippen molar-refractivity contribution in [3.63, 3.8) is 0 Å². The minimum Gasteiger partial charge on any atom is -0.508 e. The number of carboxylic acids is 1. The number of nitrogens with one attached hydrogen (secondary N) is 1. The van der Waals surface area contributed by atoms with Crippen LogP contribution in [0, 0.1) is 0 Å². The summed E-state index contributed by atoms with van der Waals surface area (Å²) in [6.45, 7) is 1.83. The third kappa shape index (κ3) is 6.07. The molecule has 1 amide bonds. The van der Waals surface area contributed by atoms with Gasteiger partial charge in [-0.25, -0.2) is 4.79 Å². The van der Waals surface area contributed by atoms with E-state index in [0.29, 0.717) is 18.4 Å². The van der Waals surface area contributed by atoms with Gasteiger partial charge in [-0.2, -0.15) is 0 Å². The number of ketones is 1. The van der Waals surface area contributed by atoms with Crippen molar-refractivity contribution < 1.29 is 24.6 Å².